The van der Waals surface area contributed by atoms with Crippen LogP contribution in [-0.2, 0) is 0 Å². The highest BCUT2D eigenvalue weighted by Crippen LogP contribution is 2.15. The molecule has 0 aliphatic heterocycles. The first-order valence-electron chi connectivity index (χ1n) is 4.83. The van der Waals surface area contributed by atoms with E-state index in [9.17, 15) is 0 Å². The predicted molar refractivity (Wildman–Crippen MR) is 62.1 cm³/mol. The number of nitrogens with zero attached hydrogens (tertiary/aromatic N) is 6. The van der Waals surface area contributed by atoms with E-state index < -0.39 is 0 Å². The summed E-state index contributed by atoms with van der Waals surface area (Å²) in [6, 6.07) is 0.191. The Kier molecular flexibility index (Phi) is 3.38. The topological polar surface area (TPSA) is 105 Å². The Morgan fingerprint density at radius 2 is 2.24 bits per heavy atom. The zero-order valence-corrected chi connectivity index (χ0v) is 10.2. The van der Waals surface area contributed by atoms with Crippen molar-refractivity contribution < 1.29 is 4.74 Å². The SMILES string of the molecule is CCOc1nc(N)nc(-n2cnnc2SC)n1. The first kappa shape index (κ1) is 11.6. The monoisotopic (exact) mass is 253 g/mol. The van der Waals surface area contributed by atoms with Gasteiger partial charge in [0.2, 0.25) is 11.9 Å². The largest absolute Gasteiger partial charge is 0.464 e. The van der Waals surface area contributed by atoms with Gasteiger partial charge < -0.3 is 10.5 Å². The molecule has 9 heteroatoms. The summed E-state index contributed by atoms with van der Waals surface area (Å²) in [6.45, 7) is 2.30. The van der Waals surface area contributed by atoms with Crippen molar-refractivity contribution in [2.24, 2.45) is 0 Å². The Morgan fingerprint density at radius 1 is 1.41 bits per heavy atom. The number of hydrogen-bond donors (Lipinski definition) is 1. The van der Waals surface area contributed by atoms with E-state index in [0.717, 1.165) is 0 Å². The predicted octanol–water partition coefficient (Wildman–Crippen LogP) is 0.155. The zero-order valence-electron chi connectivity index (χ0n) is 9.36. The molecule has 0 saturated heterocycles. The molecule has 2 rings (SSSR count). The lowest BCUT2D eigenvalue weighted by molar-refractivity contribution is 0.311. The van der Waals surface area contributed by atoms with E-state index in [1.165, 1.54) is 18.1 Å². The molecule has 0 bridgehead atoms. The minimum atomic E-state index is 0.0965. The summed E-state index contributed by atoms with van der Waals surface area (Å²) in [7, 11) is 0. The number of aromatic nitrogens is 6. The smallest absolute Gasteiger partial charge is 0.323 e. The van der Waals surface area contributed by atoms with Crippen molar-refractivity contribution in [3.63, 3.8) is 0 Å². The van der Waals surface area contributed by atoms with Crippen molar-refractivity contribution in [3.8, 4) is 12.0 Å². The molecule has 0 amide bonds. The fraction of sp³-hybridized carbons (Fsp3) is 0.375. The quantitative estimate of drug-likeness (QED) is 0.768. The first-order valence-corrected chi connectivity index (χ1v) is 6.05. The van der Waals surface area contributed by atoms with Crippen LogP contribution in [0, 0.1) is 0 Å². The molecule has 2 aromatic rings. The van der Waals surface area contributed by atoms with Crippen LogP contribution in [0.4, 0.5) is 5.95 Å². The molecule has 0 fully saturated rings. The molecule has 0 atom stereocenters. The maximum atomic E-state index is 5.58. The average molecular weight is 253 g/mol. The maximum absolute atomic E-state index is 5.58. The fourth-order valence-electron chi connectivity index (χ4n) is 1.16. The molecule has 0 spiro atoms. The second-order valence-corrected chi connectivity index (χ2v) is 3.67. The average Bonchev–Trinajstić information content (AvgIpc) is 2.76. The van der Waals surface area contributed by atoms with E-state index in [4.69, 9.17) is 10.5 Å². The minimum absolute atomic E-state index is 0.0965. The molecule has 90 valence electrons. The Bertz CT molecular complexity index is 514. The third-order valence-electron chi connectivity index (χ3n) is 1.81. The summed E-state index contributed by atoms with van der Waals surface area (Å²) in [5.74, 6) is 0.439. The lowest BCUT2D eigenvalue weighted by Gasteiger charge is -2.05. The van der Waals surface area contributed by atoms with Crippen LogP contribution in [0.25, 0.3) is 5.95 Å². The third-order valence-corrected chi connectivity index (χ3v) is 2.45. The number of nitrogens with two attached hydrogens (primary N) is 1. The van der Waals surface area contributed by atoms with Crippen LogP contribution in [0.15, 0.2) is 11.5 Å². The van der Waals surface area contributed by atoms with Gasteiger partial charge in [-0.3, -0.25) is 0 Å². The normalized spacial score (nSPS) is 10.5. The van der Waals surface area contributed by atoms with Crippen LogP contribution in [0.5, 0.6) is 6.01 Å². The Morgan fingerprint density at radius 3 is 2.94 bits per heavy atom. The fourth-order valence-corrected chi connectivity index (χ4v) is 1.62. The summed E-state index contributed by atoms with van der Waals surface area (Å²) >= 11 is 1.43. The highest BCUT2D eigenvalue weighted by molar-refractivity contribution is 7.98. The van der Waals surface area contributed by atoms with E-state index in [-0.39, 0.29) is 12.0 Å². The second kappa shape index (κ2) is 4.95. The molecule has 2 aromatic heterocycles. The van der Waals surface area contributed by atoms with Gasteiger partial charge in [0.1, 0.15) is 6.33 Å². The Hall–Kier alpha value is -1.90. The number of thioether (sulfide) groups is 1. The minimum Gasteiger partial charge on any atom is -0.464 e. The number of ether oxygens (including phenoxy) is 1. The van der Waals surface area contributed by atoms with Gasteiger partial charge in [0.05, 0.1) is 6.61 Å². The van der Waals surface area contributed by atoms with Crippen LogP contribution < -0.4 is 10.5 Å². The lowest BCUT2D eigenvalue weighted by Crippen LogP contribution is -2.09. The molecule has 2 heterocycles. The molecule has 2 N–H and O–H groups in total. The lowest BCUT2D eigenvalue weighted by atomic mass is 10.8. The standard InChI is InChI=1S/C8H11N7OS/c1-3-16-7-12-5(9)11-6(13-7)15-4-10-14-8(15)17-2/h4H,3H2,1-2H3,(H2,9,11,12,13). The molecular formula is C8H11N7OS. The van der Waals surface area contributed by atoms with E-state index in [1.807, 2.05) is 13.2 Å². The highest BCUT2D eigenvalue weighted by atomic mass is 32.2. The summed E-state index contributed by atoms with van der Waals surface area (Å²) in [6.07, 6.45) is 3.39. The van der Waals surface area contributed by atoms with Gasteiger partial charge in [-0.2, -0.15) is 15.0 Å². The van der Waals surface area contributed by atoms with Crippen molar-refractivity contribution in [2.75, 3.05) is 18.6 Å². The van der Waals surface area contributed by atoms with Gasteiger partial charge >= 0.3 is 6.01 Å². The van der Waals surface area contributed by atoms with Gasteiger partial charge in [0.15, 0.2) is 5.16 Å². The van der Waals surface area contributed by atoms with Gasteiger partial charge in [-0.25, -0.2) is 4.57 Å². The van der Waals surface area contributed by atoms with Crippen molar-refractivity contribution in [3.05, 3.63) is 6.33 Å². The van der Waals surface area contributed by atoms with Crippen molar-refractivity contribution in [1.29, 1.82) is 0 Å². The molecular weight excluding hydrogens is 242 g/mol. The van der Waals surface area contributed by atoms with E-state index in [2.05, 4.69) is 25.1 Å². The van der Waals surface area contributed by atoms with Gasteiger partial charge in [0, 0.05) is 0 Å². The van der Waals surface area contributed by atoms with Crippen molar-refractivity contribution >= 4 is 17.7 Å². The molecule has 8 nitrogen and oxygen atoms in total. The van der Waals surface area contributed by atoms with Crippen LogP contribution in [0.3, 0.4) is 0 Å². The molecule has 0 unspecified atom stereocenters. The van der Waals surface area contributed by atoms with Crippen LogP contribution in [0.2, 0.25) is 0 Å². The second-order valence-electron chi connectivity index (χ2n) is 2.90. The van der Waals surface area contributed by atoms with E-state index >= 15 is 0 Å². The summed E-state index contributed by atoms with van der Waals surface area (Å²) in [4.78, 5) is 12.0. The third kappa shape index (κ3) is 2.44. The van der Waals surface area contributed by atoms with Gasteiger partial charge in [-0.1, -0.05) is 11.8 Å². The number of anilines is 1. The number of nitrogen functional groups attached to an aromatic ring is 1. The zero-order chi connectivity index (χ0) is 12.3. The molecule has 0 radical (unpaired) electrons. The van der Waals surface area contributed by atoms with Gasteiger partial charge in [0.25, 0.3) is 0 Å². The van der Waals surface area contributed by atoms with E-state index in [0.29, 0.717) is 17.7 Å². The Balaban J connectivity index is 2.44. The molecule has 17 heavy (non-hydrogen) atoms. The van der Waals surface area contributed by atoms with Gasteiger partial charge in [-0.15, -0.1) is 10.2 Å². The van der Waals surface area contributed by atoms with Crippen LogP contribution in [0.1, 0.15) is 6.92 Å². The Labute approximate surface area is 102 Å². The molecule has 0 aromatic carbocycles. The highest BCUT2D eigenvalue weighted by Gasteiger charge is 2.11. The summed E-state index contributed by atoms with van der Waals surface area (Å²) in [5.41, 5.74) is 5.58. The van der Waals surface area contributed by atoms with Gasteiger partial charge in [-0.05, 0) is 13.2 Å². The summed E-state index contributed by atoms with van der Waals surface area (Å²) < 4.78 is 6.81. The molecule has 0 aliphatic rings. The molecule has 0 saturated carbocycles. The summed E-state index contributed by atoms with van der Waals surface area (Å²) in [5, 5.41) is 8.36. The van der Waals surface area contributed by atoms with Crippen LogP contribution in [-0.4, -0.2) is 42.6 Å². The van der Waals surface area contributed by atoms with Crippen molar-refractivity contribution in [1.82, 2.24) is 29.7 Å². The van der Waals surface area contributed by atoms with Crippen molar-refractivity contribution in [2.45, 2.75) is 12.1 Å². The van der Waals surface area contributed by atoms with Crippen LogP contribution >= 0.6 is 11.8 Å². The first-order chi connectivity index (χ1) is 8.24. The van der Waals surface area contributed by atoms with E-state index in [1.54, 1.807) is 4.57 Å². The number of hydrogen-bond acceptors (Lipinski definition) is 8. The molecule has 0 aliphatic carbocycles. The maximum Gasteiger partial charge on any atom is 0.323 e. The number of rotatable bonds is 4.